The molecule has 1 unspecified atom stereocenters. The minimum absolute atomic E-state index is 0.229. The number of carbonyl (C=O) groups is 1. The van der Waals surface area contributed by atoms with Gasteiger partial charge in [0.1, 0.15) is 0 Å². The van der Waals surface area contributed by atoms with Crippen LogP contribution in [-0.4, -0.2) is 97.5 Å². The highest BCUT2D eigenvalue weighted by atomic mass is 16.2. The molecule has 1 aromatic rings. The highest BCUT2D eigenvalue weighted by molar-refractivity contribution is 5.94. The topological polar surface area (TPSA) is 30.0 Å². The molecular formula is C23H36N4O. The molecule has 0 aliphatic carbocycles. The number of likely N-dealkylation sites (N-methyl/N-ethyl adjacent to an activating group) is 1. The van der Waals surface area contributed by atoms with Gasteiger partial charge >= 0.3 is 0 Å². The van der Waals surface area contributed by atoms with Gasteiger partial charge in [0.05, 0.1) is 0 Å². The zero-order valence-electron chi connectivity index (χ0n) is 17.5. The Balaban J connectivity index is 1.29. The molecule has 0 spiro atoms. The number of hydrogen-bond donors (Lipinski definition) is 0. The summed E-state index contributed by atoms with van der Waals surface area (Å²) in [6.07, 6.45) is 6.00. The smallest absolute Gasteiger partial charge is 0.254 e. The number of piperazine rings is 1. The van der Waals surface area contributed by atoms with E-state index in [1.807, 2.05) is 12.1 Å². The molecule has 0 radical (unpaired) electrons. The van der Waals surface area contributed by atoms with Crippen molar-refractivity contribution in [3.63, 3.8) is 0 Å². The summed E-state index contributed by atoms with van der Waals surface area (Å²) in [5.74, 6) is 0.229. The van der Waals surface area contributed by atoms with Crippen LogP contribution in [0.5, 0.6) is 0 Å². The highest BCUT2D eigenvalue weighted by Gasteiger charge is 2.31. The SMILES string of the molecule is CN1CCN(CCc2ccc(C(=O)N3CCCC3CN3CCCC3)cc2)CC1. The Morgan fingerprint density at radius 3 is 2.32 bits per heavy atom. The minimum atomic E-state index is 0.229. The van der Waals surface area contributed by atoms with Crippen molar-refractivity contribution in [1.29, 1.82) is 0 Å². The molecule has 3 aliphatic heterocycles. The standard InChI is InChI=1S/C23H36N4O/c1-24-15-17-25(18-16-24)14-10-20-6-8-21(9-7-20)23(28)27-13-4-5-22(27)19-26-11-2-3-12-26/h6-9,22H,2-5,10-19H2,1H3. The van der Waals surface area contributed by atoms with Crippen LogP contribution in [0.4, 0.5) is 0 Å². The van der Waals surface area contributed by atoms with Crippen molar-refractivity contribution in [2.24, 2.45) is 0 Å². The van der Waals surface area contributed by atoms with Gasteiger partial charge in [0, 0.05) is 57.4 Å². The maximum Gasteiger partial charge on any atom is 0.254 e. The lowest BCUT2D eigenvalue weighted by atomic mass is 10.1. The summed E-state index contributed by atoms with van der Waals surface area (Å²) in [7, 11) is 2.20. The van der Waals surface area contributed by atoms with Crippen LogP contribution in [0.3, 0.4) is 0 Å². The molecule has 1 atom stereocenters. The lowest BCUT2D eigenvalue weighted by molar-refractivity contribution is 0.0709. The van der Waals surface area contributed by atoms with Crippen LogP contribution in [0.1, 0.15) is 41.6 Å². The Bertz CT molecular complexity index is 633. The average Bonchev–Trinajstić information content (AvgIpc) is 3.40. The van der Waals surface area contributed by atoms with Gasteiger partial charge < -0.3 is 19.6 Å². The van der Waals surface area contributed by atoms with Crippen LogP contribution < -0.4 is 0 Å². The normalized spacial score (nSPS) is 24.9. The van der Waals surface area contributed by atoms with Gasteiger partial charge in [-0.1, -0.05) is 12.1 Å². The third-order valence-electron chi connectivity index (χ3n) is 6.82. The molecular weight excluding hydrogens is 348 g/mol. The van der Waals surface area contributed by atoms with E-state index in [1.165, 1.54) is 57.7 Å². The first-order valence-corrected chi connectivity index (χ1v) is 11.2. The van der Waals surface area contributed by atoms with Gasteiger partial charge in [0.2, 0.25) is 0 Å². The lowest BCUT2D eigenvalue weighted by Crippen LogP contribution is -2.45. The largest absolute Gasteiger partial charge is 0.334 e. The molecule has 4 rings (SSSR count). The summed E-state index contributed by atoms with van der Waals surface area (Å²) in [4.78, 5) is 22.7. The number of nitrogens with zero attached hydrogens (tertiary/aromatic N) is 4. The zero-order valence-corrected chi connectivity index (χ0v) is 17.5. The van der Waals surface area contributed by atoms with E-state index < -0.39 is 0 Å². The fourth-order valence-electron chi connectivity index (χ4n) is 4.89. The van der Waals surface area contributed by atoms with E-state index >= 15 is 0 Å². The molecule has 3 saturated heterocycles. The van der Waals surface area contributed by atoms with E-state index in [1.54, 1.807) is 0 Å². The van der Waals surface area contributed by atoms with E-state index in [-0.39, 0.29) is 5.91 Å². The van der Waals surface area contributed by atoms with Crippen molar-refractivity contribution < 1.29 is 4.79 Å². The second-order valence-corrected chi connectivity index (χ2v) is 8.89. The van der Waals surface area contributed by atoms with Crippen LogP contribution in [0.15, 0.2) is 24.3 Å². The number of likely N-dealkylation sites (tertiary alicyclic amines) is 2. The summed E-state index contributed by atoms with van der Waals surface area (Å²) < 4.78 is 0. The third-order valence-corrected chi connectivity index (χ3v) is 6.82. The van der Waals surface area contributed by atoms with Crippen molar-refractivity contribution in [1.82, 2.24) is 19.6 Å². The summed E-state index contributed by atoms with van der Waals surface area (Å²) in [5.41, 5.74) is 2.20. The van der Waals surface area contributed by atoms with Gasteiger partial charge in [-0.25, -0.2) is 0 Å². The molecule has 5 heteroatoms. The molecule has 28 heavy (non-hydrogen) atoms. The number of hydrogen-bond acceptors (Lipinski definition) is 4. The van der Waals surface area contributed by atoms with Crippen molar-refractivity contribution >= 4 is 5.91 Å². The molecule has 0 N–H and O–H groups in total. The Kier molecular flexibility index (Phi) is 6.65. The number of rotatable bonds is 6. The van der Waals surface area contributed by atoms with Gasteiger partial charge in [-0.15, -0.1) is 0 Å². The van der Waals surface area contributed by atoms with E-state index in [0.29, 0.717) is 6.04 Å². The molecule has 1 aromatic carbocycles. The molecule has 0 aromatic heterocycles. The van der Waals surface area contributed by atoms with Crippen molar-refractivity contribution in [3.05, 3.63) is 35.4 Å². The summed E-state index contributed by atoms with van der Waals surface area (Å²) in [6.45, 7) is 10.2. The first-order chi connectivity index (χ1) is 13.7. The van der Waals surface area contributed by atoms with Gasteiger partial charge in [-0.3, -0.25) is 4.79 Å². The van der Waals surface area contributed by atoms with Gasteiger partial charge in [0.25, 0.3) is 5.91 Å². The second-order valence-electron chi connectivity index (χ2n) is 8.89. The van der Waals surface area contributed by atoms with Crippen molar-refractivity contribution in [2.75, 3.05) is 66.0 Å². The first-order valence-electron chi connectivity index (χ1n) is 11.2. The Morgan fingerprint density at radius 1 is 0.893 bits per heavy atom. The molecule has 3 aliphatic rings. The summed E-state index contributed by atoms with van der Waals surface area (Å²) in [5, 5.41) is 0. The van der Waals surface area contributed by atoms with Crippen molar-refractivity contribution in [2.45, 2.75) is 38.1 Å². The zero-order chi connectivity index (χ0) is 19.3. The maximum atomic E-state index is 13.1. The third kappa shape index (κ3) is 4.94. The van der Waals surface area contributed by atoms with E-state index in [2.05, 4.69) is 38.8 Å². The quantitative estimate of drug-likeness (QED) is 0.752. The van der Waals surface area contributed by atoms with Gasteiger partial charge in [-0.05, 0) is 69.9 Å². The average molecular weight is 385 g/mol. The van der Waals surface area contributed by atoms with E-state index in [4.69, 9.17) is 0 Å². The summed E-state index contributed by atoms with van der Waals surface area (Å²) >= 11 is 0. The molecule has 0 saturated carbocycles. The van der Waals surface area contributed by atoms with Crippen LogP contribution in [0.2, 0.25) is 0 Å². The van der Waals surface area contributed by atoms with Crippen LogP contribution in [0.25, 0.3) is 0 Å². The van der Waals surface area contributed by atoms with Crippen LogP contribution in [0, 0.1) is 0 Å². The van der Waals surface area contributed by atoms with E-state index in [9.17, 15) is 4.79 Å². The monoisotopic (exact) mass is 384 g/mol. The Morgan fingerprint density at radius 2 is 1.61 bits per heavy atom. The lowest BCUT2D eigenvalue weighted by Gasteiger charge is -2.32. The van der Waals surface area contributed by atoms with Gasteiger partial charge in [0.15, 0.2) is 0 Å². The molecule has 154 valence electrons. The molecule has 3 heterocycles. The minimum Gasteiger partial charge on any atom is -0.334 e. The summed E-state index contributed by atoms with van der Waals surface area (Å²) in [6, 6.07) is 8.83. The van der Waals surface area contributed by atoms with Crippen LogP contribution in [-0.2, 0) is 6.42 Å². The fourth-order valence-corrected chi connectivity index (χ4v) is 4.89. The van der Waals surface area contributed by atoms with Gasteiger partial charge in [-0.2, -0.15) is 0 Å². The first kappa shape index (κ1) is 19.9. The second kappa shape index (κ2) is 9.38. The van der Waals surface area contributed by atoms with Crippen LogP contribution >= 0.6 is 0 Å². The fraction of sp³-hybridized carbons (Fsp3) is 0.696. The van der Waals surface area contributed by atoms with Crippen molar-refractivity contribution in [3.8, 4) is 0 Å². The molecule has 1 amide bonds. The molecule has 5 nitrogen and oxygen atoms in total. The Hall–Kier alpha value is -1.43. The predicted molar refractivity (Wildman–Crippen MR) is 114 cm³/mol. The number of amides is 1. The van der Waals surface area contributed by atoms with E-state index in [0.717, 1.165) is 44.5 Å². The number of benzene rings is 1. The predicted octanol–water partition coefficient (Wildman–Crippen LogP) is 2.18. The Labute approximate surface area is 170 Å². The number of carbonyl (C=O) groups excluding carboxylic acids is 1. The maximum absolute atomic E-state index is 13.1. The molecule has 0 bridgehead atoms. The molecule has 3 fully saturated rings. The highest BCUT2D eigenvalue weighted by Crippen LogP contribution is 2.23.